The fourth-order valence-corrected chi connectivity index (χ4v) is 3.52. The Labute approximate surface area is 132 Å². The number of hydrogen-bond acceptors (Lipinski definition) is 6. The average Bonchev–Trinajstić information content (AvgIpc) is 2.75. The van der Waals surface area contributed by atoms with Crippen molar-refractivity contribution in [2.24, 2.45) is 0 Å². The van der Waals surface area contributed by atoms with Crippen molar-refractivity contribution >= 4 is 0 Å². The highest BCUT2D eigenvalue weighted by Gasteiger charge is 2.51. The summed E-state index contributed by atoms with van der Waals surface area (Å²) in [5.74, 6) is -1.54. The van der Waals surface area contributed by atoms with Crippen LogP contribution in [-0.4, -0.2) is 37.7 Å². The summed E-state index contributed by atoms with van der Waals surface area (Å²) in [5.41, 5.74) is 0.700. The van der Waals surface area contributed by atoms with Crippen molar-refractivity contribution in [3.05, 3.63) is 41.0 Å². The molecule has 2 atom stereocenters. The predicted octanol–water partition coefficient (Wildman–Crippen LogP) is 2.55. The summed E-state index contributed by atoms with van der Waals surface area (Å²) in [6.45, 7) is -0.0577. The molecule has 0 amide bonds. The van der Waals surface area contributed by atoms with Crippen LogP contribution in [0.2, 0.25) is 0 Å². The minimum atomic E-state index is -1.22. The van der Waals surface area contributed by atoms with Gasteiger partial charge in [0.15, 0.2) is 23.0 Å². The number of fused-ring (bicyclic) bond motifs is 5. The van der Waals surface area contributed by atoms with E-state index in [1.54, 1.807) is 6.07 Å². The first kappa shape index (κ1) is 13.1. The van der Waals surface area contributed by atoms with Crippen molar-refractivity contribution in [2.75, 3.05) is 6.61 Å². The highest BCUT2D eigenvalue weighted by molar-refractivity contribution is 5.63. The van der Waals surface area contributed by atoms with Crippen molar-refractivity contribution in [3.8, 4) is 28.7 Å². The van der Waals surface area contributed by atoms with Crippen LogP contribution in [0.15, 0.2) is 24.3 Å². The van der Waals surface area contributed by atoms with E-state index in [-0.39, 0.29) is 48.9 Å². The van der Waals surface area contributed by atoms with Gasteiger partial charge in [0.1, 0.15) is 12.2 Å². The van der Waals surface area contributed by atoms with Crippen molar-refractivity contribution in [3.63, 3.8) is 0 Å². The maximum atomic E-state index is 10.9. The van der Waals surface area contributed by atoms with Gasteiger partial charge in [-0.3, -0.25) is 0 Å². The van der Waals surface area contributed by atoms with Gasteiger partial charge in [-0.2, -0.15) is 0 Å². The lowest BCUT2D eigenvalue weighted by Crippen LogP contribution is -2.43. The Hall–Kier alpha value is -2.60. The summed E-state index contributed by atoms with van der Waals surface area (Å²) in [5, 5.41) is 49.8. The third kappa shape index (κ3) is 1.52. The van der Waals surface area contributed by atoms with E-state index in [9.17, 15) is 25.5 Å². The van der Waals surface area contributed by atoms with E-state index < -0.39 is 11.5 Å². The molecule has 0 fully saturated rings. The van der Waals surface area contributed by atoms with E-state index >= 15 is 0 Å². The van der Waals surface area contributed by atoms with Crippen LogP contribution >= 0.6 is 0 Å². The zero-order valence-corrected chi connectivity index (χ0v) is 11.4. The summed E-state index contributed by atoms with van der Waals surface area (Å²) >= 11 is 0. The highest BCUT2D eigenvalue weighted by atomic mass is 16.5. The van der Waals surface area contributed by atoms with Gasteiger partial charge in [0.25, 0.3) is 0 Å². The predicted molar refractivity (Wildman–Crippen MR) is 86.1 cm³/mol. The molecule has 0 saturated heterocycles. The monoisotopic (exact) mass is 312 g/mol. The number of ether oxygens (including phenoxy) is 1. The van der Waals surface area contributed by atoms with Crippen LogP contribution in [0.4, 0.5) is 0 Å². The van der Waals surface area contributed by atoms with E-state index in [4.69, 9.17) is 4.74 Å². The molecule has 0 spiro atoms. The van der Waals surface area contributed by atoms with Gasteiger partial charge in [0, 0.05) is 25.0 Å². The lowest BCUT2D eigenvalue weighted by Gasteiger charge is -2.36. The molecule has 124 valence electrons. The van der Waals surface area contributed by atoms with Gasteiger partial charge in [0.05, 0.1) is 0 Å². The molecule has 1 heterocycles. The van der Waals surface area contributed by atoms with Gasteiger partial charge in [-0.15, -0.1) is 0 Å². The molecule has 2 aliphatic rings. The average molecular weight is 312 g/mol. The van der Waals surface area contributed by atoms with Crippen LogP contribution < -0.4 is 4.74 Å². The molecule has 22 heavy (non-hydrogen) atoms. The number of phenolic OH excluding ortho intramolecular Hbond substituents is 4. The van der Waals surface area contributed by atoms with Crippen molar-refractivity contribution < 1.29 is 37.4 Å². The first-order chi connectivity index (χ1) is 10.4. The number of hydrogen-bond donors (Lipinski definition) is 5. The number of rotatable bonds is 0. The zero-order valence-electron chi connectivity index (χ0n) is 11.4. The smallest absolute Gasteiger partial charge is 0.200 e. The molecule has 2 aromatic rings. The van der Waals surface area contributed by atoms with Gasteiger partial charge in [-0.1, -0.05) is 6.07 Å². The number of aromatic hydroxyl groups is 4. The second-order valence-corrected chi connectivity index (χ2v) is 5.89. The van der Waals surface area contributed by atoms with Crippen molar-refractivity contribution in [2.45, 2.75) is 17.9 Å². The minimum absolute atomic E-state index is 0. The molecule has 6 heteroatoms. The largest absolute Gasteiger partial charge is 0.504 e. The highest BCUT2D eigenvalue weighted by Crippen LogP contribution is 2.55. The Bertz CT molecular complexity index is 818. The first-order valence-corrected chi connectivity index (χ1v) is 6.85. The number of phenols is 4. The molecule has 0 saturated carbocycles. The molecule has 6 nitrogen and oxygen atoms in total. The molecular weight excluding hydrogens is 288 g/mol. The Morgan fingerprint density at radius 3 is 2.50 bits per heavy atom. The second-order valence-electron chi connectivity index (χ2n) is 5.89. The van der Waals surface area contributed by atoms with Crippen molar-refractivity contribution in [1.82, 2.24) is 0 Å². The van der Waals surface area contributed by atoms with Crippen LogP contribution in [0.1, 0.15) is 29.7 Å². The number of aliphatic hydroxyl groups is 1. The summed E-state index contributed by atoms with van der Waals surface area (Å²) in [6, 6.07) is 5.77. The SMILES string of the molecule is Oc1cc2c(cc1O)C1c3ccc(O)c(O)c3OCC1(O)C2.[HH].[HH].[HH].[HH].[HH]. The Kier molecular flexibility index (Phi) is 2.37. The molecule has 2 aromatic carbocycles. The van der Waals surface area contributed by atoms with E-state index in [1.807, 2.05) is 0 Å². The topological polar surface area (TPSA) is 110 Å². The quantitative estimate of drug-likeness (QED) is 0.478. The second kappa shape index (κ2) is 3.98. The molecule has 0 aromatic heterocycles. The van der Waals surface area contributed by atoms with Crippen LogP contribution in [0.25, 0.3) is 0 Å². The van der Waals surface area contributed by atoms with Gasteiger partial charge < -0.3 is 30.3 Å². The number of benzene rings is 2. The van der Waals surface area contributed by atoms with Crippen LogP contribution in [-0.2, 0) is 6.42 Å². The fourth-order valence-electron chi connectivity index (χ4n) is 3.52. The lowest BCUT2D eigenvalue weighted by atomic mass is 9.80. The summed E-state index contributed by atoms with van der Waals surface area (Å²) < 4.78 is 5.46. The summed E-state index contributed by atoms with van der Waals surface area (Å²) in [7, 11) is 0. The Balaban J connectivity index is 0. The molecule has 1 aliphatic heterocycles. The fraction of sp³-hybridized carbons (Fsp3) is 0.250. The van der Waals surface area contributed by atoms with Gasteiger partial charge in [-0.05, 0) is 29.3 Å². The molecule has 4 rings (SSSR count). The molecule has 0 radical (unpaired) electrons. The maximum Gasteiger partial charge on any atom is 0.200 e. The van der Waals surface area contributed by atoms with Crippen molar-refractivity contribution in [1.29, 1.82) is 0 Å². The summed E-state index contributed by atoms with van der Waals surface area (Å²) in [6.07, 6.45) is 0.266. The third-order valence-corrected chi connectivity index (χ3v) is 4.50. The van der Waals surface area contributed by atoms with Crippen LogP contribution in [0.3, 0.4) is 0 Å². The normalized spacial score (nSPS) is 25.0. The standard InChI is InChI=1S/C16H14O6.5H2/c17-10-2-1-8-13-9-4-12(19)11(18)3-7(9)5-16(13,21)6-22-15(8)14(10)20;;;;;/h1-4,13,17-21H,5-6H2;5*1H. The van der Waals surface area contributed by atoms with E-state index in [2.05, 4.69) is 0 Å². The van der Waals surface area contributed by atoms with Gasteiger partial charge >= 0.3 is 0 Å². The molecule has 0 bridgehead atoms. The van der Waals surface area contributed by atoms with Gasteiger partial charge in [0.2, 0.25) is 5.75 Å². The lowest BCUT2D eigenvalue weighted by molar-refractivity contribution is -0.0228. The van der Waals surface area contributed by atoms with E-state index in [0.717, 1.165) is 0 Å². The minimum Gasteiger partial charge on any atom is -0.504 e. The molecular formula is C16H24O6. The Morgan fingerprint density at radius 2 is 1.73 bits per heavy atom. The first-order valence-electron chi connectivity index (χ1n) is 6.85. The van der Waals surface area contributed by atoms with Gasteiger partial charge in [-0.25, -0.2) is 0 Å². The maximum absolute atomic E-state index is 10.9. The molecule has 2 unspecified atom stereocenters. The van der Waals surface area contributed by atoms with Crippen LogP contribution in [0, 0.1) is 0 Å². The third-order valence-electron chi connectivity index (χ3n) is 4.50. The van der Waals surface area contributed by atoms with E-state index in [1.165, 1.54) is 18.2 Å². The molecule has 5 N–H and O–H groups in total. The zero-order chi connectivity index (χ0) is 15.6. The molecule has 1 aliphatic carbocycles. The Morgan fingerprint density at radius 1 is 1.00 bits per heavy atom. The summed E-state index contributed by atoms with van der Waals surface area (Å²) in [4.78, 5) is 0. The van der Waals surface area contributed by atoms with Crippen LogP contribution in [0.5, 0.6) is 28.7 Å². The van der Waals surface area contributed by atoms with E-state index in [0.29, 0.717) is 16.7 Å².